The molecule has 0 spiro atoms. The lowest BCUT2D eigenvalue weighted by Crippen LogP contribution is -2.32. The van der Waals surface area contributed by atoms with E-state index in [2.05, 4.69) is 19.2 Å². The quantitative estimate of drug-likeness (QED) is 0.865. The SMILES string of the molecule is CCCNC(c1cccc(F)c1)C1CCC(C)O1. The maximum Gasteiger partial charge on any atom is 0.123 e. The van der Waals surface area contributed by atoms with Gasteiger partial charge in [0.15, 0.2) is 0 Å². The molecular formula is C15H22FNO. The van der Waals surface area contributed by atoms with Gasteiger partial charge in [-0.25, -0.2) is 4.39 Å². The summed E-state index contributed by atoms with van der Waals surface area (Å²) < 4.78 is 19.3. The summed E-state index contributed by atoms with van der Waals surface area (Å²) in [5.74, 6) is -0.179. The highest BCUT2D eigenvalue weighted by atomic mass is 19.1. The fourth-order valence-electron chi connectivity index (χ4n) is 2.54. The first-order valence-corrected chi connectivity index (χ1v) is 6.85. The third kappa shape index (κ3) is 3.30. The molecule has 3 atom stereocenters. The molecule has 3 heteroatoms. The predicted octanol–water partition coefficient (Wildman–Crippen LogP) is 3.43. The number of benzene rings is 1. The lowest BCUT2D eigenvalue weighted by molar-refractivity contribution is 0.0316. The second-order valence-corrected chi connectivity index (χ2v) is 5.05. The van der Waals surface area contributed by atoms with Crippen LogP contribution in [0.5, 0.6) is 0 Å². The van der Waals surface area contributed by atoms with Crippen LogP contribution in [-0.4, -0.2) is 18.8 Å². The zero-order valence-electron chi connectivity index (χ0n) is 11.2. The molecule has 3 unspecified atom stereocenters. The maximum absolute atomic E-state index is 13.3. The molecule has 18 heavy (non-hydrogen) atoms. The molecule has 0 amide bonds. The van der Waals surface area contributed by atoms with Crippen molar-refractivity contribution < 1.29 is 9.13 Å². The normalized spacial score (nSPS) is 25.3. The van der Waals surface area contributed by atoms with Crippen molar-refractivity contribution in [2.24, 2.45) is 0 Å². The first-order chi connectivity index (χ1) is 8.70. The fraction of sp³-hybridized carbons (Fsp3) is 0.600. The number of nitrogens with one attached hydrogen (secondary N) is 1. The Bertz CT molecular complexity index is 383. The van der Waals surface area contributed by atoms with Crippen LogP contribution in [0, 0.1) is 5.82 Å². The van der Waals surface area contributed by atoms with Crippen molar-refractivity contribution in [1.29, 1.82) is 0 Å². The van der Waals surface area contributed by atoms with E-state index in [0.29, 0.717) is 6.10 Å². The summed E-state index contributed by atoms with van der Waals surface area (Å²) in [6, 6.07) is 6.94. The predicted molar refractivity (Wildman–Crippen MR) is 71.0 cm³/mol. The van der Waals surface area contributed by atoms with Gasteiger partial charge >= 0.3 is 0 Å². The largest absolute Gasteiger partial charge is 0.373 e. The molecule has 100 valence electrons. The van der Waals surface area contributed by atoms with Crippen LogP contribution < -0.4 is 5.32 Å². The lowest BCUT2D eigenvalue weighted by atomic mass is 9.99. The van der Waals surface area contributed by atoms with Gasteiger partial charge in [0, 0.05) is 0 Å². The molecule has 0 saturated carbocycles. The van der Waals surface area contributed by atoms with Crippen LogP contribution in [0.25, 0.3) is 0 Å². The fourth-order valence-corrected chi connectivity index (χ4v) is 2.54. The molecule has 0 radical (unpaired) electrons. The van der Waals surface area contributed by atoms with Crippen LogP contribution in [0.1, 0.15) is 44.7 Å². The zero-order chi connectivity index (χ0) is 13.0. The maximum atomic E-state index is 13.3. The molecule has 1 N–H and O–H groups in total. The Morgan fingerprint density at radius 1 is 1.44 bits per heavy atom. The summed E-state index contributed by atoms with van der Waals surface area (Å²) in [5, 5.41) is 3.48. The zero-order valence-corrected chi connectivity index (χ0v) is 11.2. The third-order valence-corrected chi connectivity index (χ3v) is 3.46. The average Bonchev–Trinajstić information content (AvgIpc) is 2.76. The van der Waals surface area contributed by atoms with Crippen molar-refractivity contribution in [3.05, 3.63) is 35.6 Å². The molecule has 1 aromatic carbocycles. The van der Waals surface area contributed by atoms with Gasteiger partial charge in [-0.15, -0.1) is 0 Å². The molecule has 1 aliphatic rings. The van der Waals surface area contributed by atoms with E-state index >= 15 is 0 Å². The minimum absolute atomic E-state index is 0.102. The van der Waals surface area contributed by atoms with Crippen LogP contribution in [0.2, 0.25) is 0 Å². The van der Waals surface area contributed by atoms with Gasteiger partial charge in [0.1, 0.15) is 5.82 Å². The minimum Gasteiger partial charge on any atom is -0.373 e. The molecule has 1 aromatic rings. The molecular weight excluding hydrogens is 229 g/mol. The van der Waals surface area contributed by atoms with Crippen molar-refractivity contribution in [3.8, 4) is 0 Å². The van der Waals surface area contributed by atoms with Crippen molar-refractivity contribution >= 4 is 0 Å². The standard InChI is InChI=1S/C15H22FNO/c1-3-9-17-15(14-8-7-11(2)18-14)12-5-4-6-13(16)10-12/h4-6,10-11,14-15,17H,3,7-9H2,1-2H3. The Kier molecular flexibility index (Phi) is 4.72. The van der Waals surface area contributed by atoms with Crippen LogP contribution in [-0.2, 0) is 4.74 Å². The number of hydrogen-bond donors (Lipinski definition) is 1. The summed E-state index contributed by atoms with van der Waals surface area (Å²) >= 11 is 0. The van der Waals surface area contributed by atoms with Crippen molar-refractivity contribution in [3.63, 3.8) is 0 Å². The van der Waals surface area contributed by atoms with Gasteiger partial charge in [-0.05, 0) is 50.4 Å². The number of rotatable bonds is 5. The Morgan fingerprint density at radius 3 is 2.89 bits per heavy atom. The monoisotopic (exact) mass is 251 g/mol. The lowest BCUT2D eigenvalue weighted by Gasteiger charge is -2.25. The average molecular weight is 251 g/mol. The van der Waals surface area contributed by atoms with Crippen LogP contribution in [0.3, 0.4) is 0 Å². The summed E-state index contributed by atoms with van der Waals surface area (Å²) in [7, 11) is 0. The second kappa shape index (κ2) is 6.30. The number of ether oxygens (including phenoxy) is 1. The highest BCUT2D eigenvalue weighted by molar-refractivity contribution is 5.21. The van der Waals surface area contributed by atoms with Gasteiger partial charge in [-0.2, -0.15) is 0 Å². The van der Waals surface area contributed by atoms with E-state index in [1.54, 1.807) is 12.1 Å². The molecule has 0 aromatic heterocycles. The van der Waals surface area contributed by atoms with Gasteiger partial charge in [-0.1, -0.05) is 19.1 Å². The summed E-state index contributed by atoms with van der Waals surface area (Å²) in [5.41, 5.74) is 0.988. The first kappa shape index (κ1) is 13.5. The summed E-state index contributed by atoms with van der Waals surface area (Å²) in [6.45, 7) is 5.16. The summed E-state index contributed by atoms with van der Waals surface area (Å²) in [6.07, 6.45) is 3.67. The topological polar surface area (TPSA) is 21.3 Å². The molecule has 2 nitrogen and oxygen atoms in total. The van der Waals surface area contributed by atoms with Crippen molar-refractivity contribution in [2.75, 3.05) is 6.54 Å². The molecule has 1 fully saturated rings. The van der Waals surface area contributed by atoms with Crippen molar-refractivity contribution in [2.45, 2.75) is 51.4 Å². The Labute approximate surface area is 109 Å². The molecule has 1 heterocycles. The van der Waals surface area contributed by atoms with E-state index in [0.717, 1.165) is 31.4 Å². The Balaban J connectivity index is 2.14. The highest BCUT2D eigenvalue weighted by Gasteiger charge is 2.30. The van der Waals surface area contributed by atoms with Gasteiger partial charge < -0.3 is 10.1 Å². The van der Waals surface area contributed by atoms with E-state index in [4.69, 9.17) is 4.74 Å². The highest BCUT2D eigenvalue weighted by Crippen LogP contribution is 2.30. The van der Waals surface area contributed by atoms with Crippen LogP contribution in [0.15, 0.2) is 24.3 Å². The molecule has 1 aliphatic heterocycles. The van der Waals surface area contributed by atoms with Crippen LogP contribution in [0.4, 0.5) is 4.39 Å². The van der Waals surface area contributed by atoms with Gasteiger partial charge in [0.2, 0.25) is 0 Å². The van der Waals surface area contributed by atoms with E-state index in [1.165, 1.54) is 6.07 Å². The van der Waals surface area contributed by atoms with Crippen LogP contribution >= 0.6 is 0 Å². The summed E-state index contributed by atoms with van der Waals surface area (Å²) in [4.78, 5) is 0. The number of hydrogen-bond acceptors (Lipinski definition) is 2. The first-order valence-electron chi connectivity index (χ1n) is 6.85. The van der Waals surface area contributed by atoms with Gasteiger partial charge in [-0.3, -0.25) is 0 Å². The van der Waals surface area contributed by atoms with E-state index < -0.39 is 0 Å². The molecule has 1 saturated heterocycles. The second-order valence-electron chi connectivity index (χ2n) is 5.05. The minimum atomic E-state index is -0.179. The van der Waals surface area contributed by atoms with E-state index in [-0.39, 0.29) is 18.0 Å². The Hall–Kier alpha value is -0.930. The molecule has 0 aliphatic carbocycles. The Morgan fingerprint density at radius 2 is 2.28 bits per heavy atom. The van der Waals surface area contributed by atoms with Gasteiger partial charge in [0.05, 0.1) is 18.2 Å². The van der Waals surface area contributed by atoms with E-state index in [9.17, 15) is 4.39 Å². The molecule has 2 rings (SSSR count). The third-order valence-electron chi connectivity index (χ3n) is 3.46. The van der Waals surface area contributed by atoms with Gasteiger partial charge in [0.25, 0.3) is 0 Å². The number of halogens is 1. The molecule has 0 bridgehead atoms. The smallest absolute Gasteiger partial charge is 0.123 e. The van der Waals surface area contributed by atoms with E-state index in [1.807, 2.05) is 6.07 Å². The van der Waals surface area contributed by atoms with Crippen molar-refractivity contribution in [1.82, 2.24) is 5.32 Å².